The first-order chi connectivity index (χ1) is 40.5. The highest BCUT2D eigenvalue weighted by Crippen LogP contribution is 2.19. The molecule has 6 heteroatoms. The lowest BCUT2D eigenvalue weighted by atomic mass is 10.0. The van der Waals surface area contributed by atoms with E-state index in [4.69, 9.17) is 14.2 Å². The second-order valence-corrected chi connectivity index (χ2v) is 25.2. The lowest BCUT2D eigenvalue weighted by Crippen LogP contribution is -2.30. The Morgan fingerprint density at radius 3 is 0.720 bits per heavy atom. The molecule has 0 radical (unpaired) electrons. The van der Waals surface area contributed by atoms with E-state index in [0.29, 0.717) is 19.3 Å². The molecule has 0 spiro atoms. The molecule has 0 aliphatic rings. The lowest BCUT2D eigenvalue weighted by molar-refractivity contribution is -0.167. The summed E-state index contributed by atoms with van der Waals surface area (Å²) in [6.07, 6.45) is 89.0. The number of unbranched alkanes of at least 4 members (excludes halogenated alkanes) is 52. The summed E-state index contributed by atoms with van der Waals surface area (Å²) in [4.78, 5) is 38.5. The van der Waals surface area contributed by atoms with Gasteiger partial charge in [0.25, 0.3) is 0 Å². The number of carbonyl (C=O) groups excluding carboxylic acids is 3. The van der Waals surface area contributed by atoms with Gasteiger partial charge in [0.2, 0.25) is 0 Å². The van der Waals surface area contributed by atoms with Gasteiger partial charge in [0.1, 0.15) is 13.2 Å². The summed E-state index contributed by atoms with van der Waals surface area (Å²) in [6, 6.07) is 0. The molecular weight excluding hydrogens is 1010 g/mol. The van der Waals surface area contributed by atoms with Crippen molar-refractivity contribution in [2.75, 3.05) is 13.2 Å². The Morgan fingerprint density at radius 1 is 0.244 bits per heavy atom. The highest BCUT2D eigenvalue weighted by molar-refractivity contribution is 5.71. The molecule has 0 aromatic heterocycles. The number of hydrogen-bond acceptors (Lipinski definition) is 6. The van der Waals surface area contributed by atoms with Gasteiger partial charge in [-0.15, -0.1) is 0 Å². The molecule has 0 amide bonds. The van der Waals surface area contributed by atoms with Crippen LogP contribution < -0.4 is 0 Å². The highest BCUT2D eigenvalue weighted by atomic mass is 16.6. The molecule has 0 aromatic carbocycles. The van der Waals surface area contributed by atoms with Crippen molar-refractivity contribution in [3.8, 4) is 0 Å². The average molecular weight is 1150 g/mol. The van der Waals surface area contributed by atoms with Crippen molar-refractivity contribution in [3.05, 3.63) is 36.5 Å². The summed E-state index contributed by atoms with van der Waals surface area (Å²) in [5, 5.41) is 0. The molecule has 1 unspecified atom stereocenters. The van der Waals surface area contributed by atoms with Gasteiger partial charge in [0, 0.05) is 19.3 Å². The number of allylic oxidation sites excluding steroid dienone is 6. The van der Waals surface area contributed by atoms with Gasteiger partial charge in [-0.3, -0.25) is 14.4 Å². The second kappa shape index (κ2) is 71.1. The molecule has 0 rings (SSSR count). The molecule has 0 aliphatic heterocycles. The van der Waals surface area contributed by atoms with Gasteiger partial charge in [-0.2, -0.15) is 0 Å². The zero-order valence-corrected chi connectivity index (χ0v) is 55.5. The number of hydrogen-bond donors (Lipinski definition) is 0. The van der Waals surface area contributed by atoms with Crippen molar-refractivity contribution < 1.29 is 28.6 Å². The van der Waals surface area contributed by atoms with Crippen LogP contribution >= 0.6 is 0 Å². The topological polar surface area (TPSA) is 78.9 Å². The normalized spacial score (nSPS) is 12.2. The third-order valence-electron chi connectivity index (χ3n) is 16.9. The second-order valence-electron chi connectivity index (χ2n) is 25.2. The van der Waals surface area contributed by atoms with Crippen molar-refractivity contribution in [1.29, 1.82) is 0 Å². The molecule has 1 atom stereocenters. The van der Waals surface area contributed by atoms with Crippen molar-refractivity contribution in [1.82, 2.24) is 0 Å². The predicted molar refractivity (Wildman–Crippen MR) is 358 cm³/mol. The molecular formula is C76H142O6. The molecule has 0 saturated heterocycles. The number of carbonyl (C=O) groups is 3. The van der Waals surface area contributed by atoms with E-state index in [2.05, 4.69) is 57.2 Å². The van der Waals surface area contributed by atoms with E-state index in [1.54, 1.807) is 0 Å². The minimum absolute atomic E-state index is 0.0720. The van der Waals surface area contributed by atoms with Crippen LogP contribution in [0.25, 0.3) is 0 Å². The van der Waals surface area contributed by atoms with Gasteiger partial charge in [-0.05, 0) is 70.6 Å². The monoisotopic (exact) mass is 1150 g/mol. The standard InChI is InChI=1S/C76H142O6/c1-4-7-10-13-16-19-22-25-28-30-32-34-36-37-38-39-41-42-44-46-48-51-54-57-60-63-66-69-75(78)81-72-73(71-80-74(77)68-65-62-59-56-53-50-27-24-21-18-15-12-9-6-3)82-76(79)70-67-64-61-58-55-52-49-47-45-43-40-35-33-31-29-26-23-20-17-14-11-8-5-2/h15,18,24,27,31,33,73H,4-14,16-17,19-23,25-26,28-30,32,34-72H2,1-3H3/b18-15-,27-24-,33-31-. The van der Waals surface area contributed by atoms with Gasteiger partial charge in [-0.1, -0.05) is 359 Å². The summed E-state index contributed by atoms with van der Waals surface area (Å²) in [7, 11) is 0. The van der Waals surface area contributed by atoms with Crippen LogP contribution in [0.3, 0.4) is 0 Å². The maximum absolute atomic E-state index is 13.0. The van der Waals surface area contributed by atoms with E-state index in [-0.39, 0.29) is 31.1 Å². The molecule has 482 valence electrons. The molecule has 0 bridgehead atoms. The van der Waals surface area contributed by atoms with Crippen molar-refractivity contribution in [2.45, 2.75) is 419 Å². The molecule has 0 saturated carbocycles. The largest absolute Gasteiger partial charge is 0.462 e. The number of ether oxygens (including phenoxy) is 3. The first kappa shape index (κ1) is 79.6. The van der Waals surface area contributed by atoms with E-state index in [1.165, 1.54) is 295 Å². The predicted octanol–water partition coefficient (Wildman–Crippen LogP) is 25.5. The molecule has 0 heterocycles. The Kier molecular flexibility index (Phi) is 69.1. The minimum Gasteiger partial charge on any atom is -0.462 e. The fraction of sp³-hybridized carbons (Fsp3) is 0.882. The molecule has 0 fully saturated rings. The number of rotatable bonds is 69. The average Bonchev–Trinajstić information content (AvgIpc) is 3.47. The summed E-state index contributed by atoms with van der Waals surface area (Å²) < 4.78 is 17.0. The van der Waals surface area contributed by atoms with Crippen molar-refractivity contribution in [3.63, 3.8) is 0 Å². The summed E-state index contributed by atoms with van der Waals surface area (Å²) in [6.45, 7) is 6.67. The lowest BCUT2D eigenvalue weighted by Gasteiger charge is -2.18. The van der Waals surface area contributed by atoms with Gasteiger partial charge < -0.3 is 14.2 Å². The molecule has 6 nitrogen and oxygen atoms in total. The van der Waals surface area contributed by atoms with Crippen LogP contribution in [0.5, 0.6) is 0 Å². The van der Waals surface area contributed by atoms with E-state index < -0.39 is 6.10 Å². The van der Waals surface area contributed by atoms with Crippen LogP contribution in [0, 0.1) is 0 Å². The van der Waals surface area contributed by atoms with E-state index in [9.17, 15) is 14.4 Å². The van der Waals surface area contributed by atoms with Crippen molar-refractivity contribution in [2.24, 2.45) is 0 Å². The molecule has 0 N–H and O–H groups in total. The van der Waals surface area contributed by atoms with E-state index >= 15 is 0 Å². The fourth-order valence-electron chi connectivity index (χ4n) is 11.3. The van der Waals surface area contributed by atoms with Gasteiger partial charge in [0.05, 0.1) is 0 Å². The van der Waals surface area contributed by atoms with Gasteiger partial charge >= 0.3 is 17.9 Å². The first-order valence-electron chi connectivity index (χ1n) is 37.0. The zero-order valence-electron chi connectivity index (χ0n) is 55.5. The third kappa shape index (κ3) is 68.4. The Balaban J connectivity index is 4.22. The Labute approximate surface area is 512 Å². The Bertz CT molecular complexity index is 1370. The highest BCUT2D eigenvalue weighted by Gasteiger charge is 2.19. The fourth-order valence-corrected chi connectivity index (χ4v) is 11.3. The van der Waals surface area contributed by atoms with Crippen molar-refractivity contribution >= 4 is 17.9 Å². The summed E-state index contributed by atoms with van der Waals surface area (Å²) >= 11 is 0. The third-order valence-corrected chi connectivity index (χ3v) is 16.9. The van der Waals surface area contributed by atoms with Gasteiger partial charge in [0.15, 0.2) is 6.10 Å². The first-order valence-corrected chi connectivity index (χ1v) is 37.0. The van der Waals surface area contributed by atoms with E-state index in [1.807, 2.05) is 0 Å². The molecule has 0 aliphatic carbocycles. The SMILES string of the molecule is CCCC/C=C\C/C=C\CCCCCCCC(=O)OCC(COC(=O)CCCCCCCCCCCCCCCCCCCCCCCCCCCCC)OC(=O)CCCCCCCCCCCCC/C=C\CCCCCCCCCC. The maximum Gasteiger partial charge on any atom is 0.306 e. The van der Waals surface area contributed by atoms with Crippen LogP contribution in [0.4, 0.5) is 0 Å². The maximum atomic E-state index is 13.0. The van der Waals surface area contributed by atoms with Crippen LogP contribution in [-0.2, 0) is 28.6 Å². The quantitative estimate of drug-likeness (QED) is 0.0261. The van der Waals surface area contributed by atoms with Gasteiger partial charge in [-0.25, -0.2) is 0 Å². The van der Waals surface area contributed by atoms with Crippen LogP contribution in [-0.4, -0.2) is 37.2 Å². The Morgan fingerprint density at radius 2 is 0.451 bits per heavy atom. The summed E-state index contributed by atoms with van der Waals surface area (Å²) in [5.74, 6) is -0.857. The van der Waals surface area contributed by atoms with Crippen LogP contribution in [0.1, 0.15) is 412 Å². The summed E-state index contributed by atoms with van der Waals surface area (Å²) in [5.41, 5.74) is 0. The number of esters is 3. The van der Waals surface area contributed by atoms with E-state index in [0.717, 1.165) is 77.0 Å². The Hall–Kier alpha value is -2.37. The minimum atomic E-state index is -0.778. The molecule has 82 heavy (non-hydrogen) atoms. The molecule has 0 aromatic rings. The van der Waals surface area contributed by atoms with Crippen LogP contribution in [0.2, 0.25) is 0 Å². The van der Waals surface area contributed by atoms with Crippen LogP contribution in [0.15, 0.2) is 36.5 Å². The smallest absolute Gasteiger partial charge is 0.306 e. The zero-order chi connectivity index (χ0) is 59.2.